The van der Waals surface area contributed by atoms with Crippen LogP contribution in [-0.4, -0.2) is 9.55 Å². The van der Waals surface area contributed by atoms with Crippen LogP contribution in [0.25, 0.3) is 32.9 Å². The average molecular weight is 304 g/mol. The van der Waals surface area contributed by atoms with Crippen molar-refractivity contribution in [2.75, 3.05) is 0 Å². The molecule has 0 atom stereocenters. The van der Waals surface area contributed by atoms with Gasteiger partial charge in [-0.25, -0.2) is 4.98 Å². The van der Waals surface area contributed by atoms with Gasteiger partial charge in [0.2, 0.25) is 0 Å². The van der Waals surface area contributed by atoms with E-state index in [2.05, 4.69) is 72.4 Å². The smallest absolute Gasteiger partial charge is 0.151 e. The Labute approximate surface area is 133 Å². The number of rotatable bonds is 2. The molecule has 4 aromatic rings. The van der Waals surface area contributed by atoms with Gasteiger partial charge >= 0.3 is 0 Å². The minimum absolute atomic E-state index is 1.03. The fourth-order valence-electron chi connectivity index (χ4n) is 2.79. The van der Waals surface area contributed by atoms with Gasteiger partial charge in [-0.3, -0.25) is 0 Å². The molecule has 2 heterocycles. The zero-order chi connectivity index (χ0) is 15.1. The molecule has 0 aliphatic rings. The molecule has 0 spiro atoms. The van der Waals surface area contributed by atoms with Gasteiger partial charge in [0.05, 0.1) is 15.9 Å². The second kappa shape index (κ2) is 5.11. The zero-order valence-electron chi connectivity index (χ0n) is 12.6. The Hall–Kier alpha value is -2.39. The van der Waals surface area contributed by atoms with Crippen LogP contribution in [0.5, 0.6) is 0 Å². The summed E-state index contributed by atoms with van der Waals surface area (Å²) in [5.41, 5.74) is 5.99. The molecule has 2 aromatic heterocycles. The predicted octanol–water partition coefficient (Wildman–Crippen LogP) is 5.28. The molecule has 0 radical (unpaired) electrons. The number of fused-ring (bicyclic) bond motifs is 1. The van der Waals surface area contributed by atoms with Crippen LogP contribution < -0.4 is 0 Å². The maximum absolute atomic E-state index is 4.83. The van der Waals surface area contributed by atoms with Crippen molar-refractivity contribution in [1.29, 1.82) is 0 Å². The number of nitrogens with zero attached hydrogens (tertiary/aromatic N) is 2. The summed E-state index contributed by atoms with van der Waals surface area (Å²) in [6.45, 7) is 2.11. The molecule has 22 heavy (non-hydrogen) atoms. The molecule has 0 aliphatic carbocycles. The number of aryl methyl sites for hydroxylation is 2. The van der Waals surface area contributed by atoms with E-state index in [1.165, 1.54) is 27.1 Å². The van der Waals surface area contributed by atoms with Crippen LogP contribution in [0.15, 0.2) is 60.0 Å². The molecule has 2 aromatic carbocycles. The van der Waals surface area contributed by atoms with Crippen LogP contribution in [0.2, 0.25) is 0 Å². The Morgan fingerprint density at radius 1 is 0.955 bits per heavy atom. The van der Waals surface area contributed by atoms with E-state index in [4.69, 9.17) is 4.98 Å². The lowest BCUT2D eigenvalue weighted by Crippen LogP contribution is -1.92. The van der Waals surface area contributed by atoms with Gasteiger partial charge in [0.15, 0.2) is 5.82 Å². The van der Waals surface area contributed by atoms with Crippen LogP contribution in [0.3, 0.4) is 0 Å². The number of hydrogen-bond acceptors (Lipinski definition) is 2. The highest BCUT2D eigenvalue weighted by molar-refractivity contribution is 7.14. The van der Waals surface area contributed by atoms with Crippen LogP contribution in [0, 0.1) is 6.92 Å². The second-order valence-corrected chi connectivity index (χ2v) is 6.43. The molecule has 0 saturated carbocycles. The Balaban J connectivity index is 1.91. The Bertz CT molecular complexity index is 945. The van der Waals surface area contributed by atoms with Crippen LogP contribution in [-0.2, 0) is 7.05 Å². The maximum atomic E-state index is 4.83. The first kappa shape index (κ1) is 13.3. The van der Waals surface area contributed by atoms with Crippen molar-refractivity contribution in [2.45, 2.75) is 6.92 Å². The molecular formula is C19H16N2S. The van der Waals surface area contributed by atoms with Gasteiger partial charge in [-0.2, -0.15) is 0 Å². The SMILES string of the molecule is Cc1ccc(-c2ccsc2-c2nc3ccccc3n2C)cc1. The summed E-state index contributed by atoms with van der Waals surface area (Å²) in [6, 6.07) is 19.1. The highest BCUT2D eigenvalue weighted by Gasteiger charge is 2.15. The van der Waals surface area contributed by atoms with Gasteiger partial charge in [-0.15, -0.1) is 11.3 Å². The molecule has 0 amide bonds. The molecule has 2 nitrogen and oxygen atoms in total. The lowest BCUT2D eigenvalue weighted by Gasteiger charge is -2.05. The van der Waals surface area contributed by atoms with Gasteiger partial charge in [0.25, 0.3) is 0 Å². The van der Waals surface area contributed by atoms with Crippen molar-refractivity contribution in [2.24, 2.45) is 7.05 Å². The van der Waals surface area contributed by atoms with Crippen LogP contribution in [0.4, 0.5) is 0 Å². The van der Waals surface area contributed by atoms with Gasteiger partial charge in [0.1, 0.15) is 0 Å². The lowest BCUT2D eigenvalue weighted by molar-refractivity contribution is 0.963. The van der Waals surface area contributed by atoms with E-state index in [-0.39, 0.29) is 0 Å². The number of thiophene rings is 1. The molecular weight excluding hydrogens is 288 g/mol. The molecule has 0 fully saturated rings. The van der Waals surface area contributed by atoms with Gasteiger partial charge < -0.3 is 4.57 Å². The molecule has 0 bridgehead atoms. The van der Waals surface area contributed by atoms with E-state index in [0.717, 1.165) is 11.3 Å². The summed E-state index contributed by atoms with van der Waals surface area (Å²) < 4.78 is 2.18. The first-order valence-electron chi connectivity index (χ1n) is 7.30. The predicted molar refractivity (Wildman–Crippen MR) is 94.2 cm³/mol. The number of hydrogen-bond donors (Lipinski definition) is 0. The summed E-state index contributed by atoms with van der Waals surface area (Å²) in [5, 5.41) is 2.14. The monoisotopic (exact) mass is 304 g/mol. The average Bonchev–Trinajstić information content (AvgIpc) is 3.13. The minimum Gasteiger partial charge on any atom is -0.326 e. The minimum atomic E-state index is 1.03. The largest absolute Gasteiger partial charge is 0.326 e. The highest BCUT2D eigenvalue weighted by Crippen LogP contribution is 2.37. The molecule has 0 saturated heterocycles. The number of benzene rings is 2. The lowest BCUT2D eigenvalue weighted by atomic mass is 10.0. The summed E-state index contributed by atoms with van der Waals surface area (Å²) in [4.78, 5) is 6.06. The molecule has 4 rings (SSSR count). The summed E-state index contributed by atoms with van der Waals surface area (Å²) in [5.74, 6) is 1.03. The van der Waals surface area contributed by atoms with Crippen molar-refractivity contribution in [3.05, 3.63) is 65.5 Å². The Kier molecular flexibility index (Phi) is 3.09. The molecule has 0 N–H and O–H groups in total. The molecule has 0 aliphatic heterocycles. The third-order valence-corrected chi connectivity index (χ3v) is 4.93. The Morgan fingerprint density at radius 2 is 1.73 bits per heavy atom. The van der Waals surface area contributed by atoms with E-state index in [9.17, 15) is 0 Å². The van der Waals surface area contributed by atoms with Crippen molar-refractivity contribution in [1.82, 2.24) is 9.55 Å². The number of aromatic nitrogens is 2. The van der Waals surface area contributed by atoms with Crippen LogP contribution >= 0.6 is 11.3 Å². The first-order valence-corrected chi connectivity index (χ1v) is 8.18. The zero-order valence-corrected chi connectivity index (χ0v) is 13.4. The normalized spacial score (nSPS) is 11.2. The molecule has 3 heteroatoms. The Morgan fingerprint density at radius 3 is 2.50 bits per heavy atom. The van der Waals surface area contributed by atoms with Crippen molar-refractivity contribution >= 4 is 22.4 Å². The summed E-state index contributed by atoms with van der Waals surface area (Å²) >= 11 is 1.75. The molecule has 108 valence electrons. The third kappa shape index (κ3) is 2.06. The fraction of sp³-hybridized carbons (Fsp3) is 0.105. The van der Waals surface area contributed by atoms with Crippen molar-refractivity contribution in [3.63, 3.8) is 0 Å². The topological polar surface area (TPSA) is 17.8 Å². The summed E-state index contributed by atoms with van der Waals surface area (Å²) in [6.07, 6.45) is 0. The number of para-hydroxylation sites is 2. The standard InChI is InChI=1S/C19H16N2S/c1-13-7-9-14(10-8-13)15-11-12-22-18(15)19-20-16-5-3-4-6-17(16)21(19)2/h3-12H,1-2H3. The number of imidazole rings is 1. The van der Waals surface area contributed by atoms with Gasteiger partial charge in [0, 0.05) is 12.6 Å². The highest BCUT2D eigenvalue weighted by atomic mass is 32.1. The van der Waals surface area contributed by atoms with Gasteiger partial charge in [-0.05, 0) is 36.1 Å². The van der Waals surface area contributed by atoms with Crippen LogP contribution in [0.1, 0.15) is 5.56 Å². The van der Waals surface area contributed by atoms with E-state index in [1.807, 2.05) is 6.07 Å². The van der Waals surface area contributed by atoms with E-state index in [1.54, 1.807) is 11.3 Å². The molecule has 0 unspecified atom stereocenters. The first-order chi connectivity index (χ1) is 10.7. The fourth-order valence-corrected chi connectivity index (χ4v) is 3.73. The second-order valence-electron chi connectivity index (χ2n) is 5.51. The summed E-state index contributed by atoms with van der Waals surface area (Å²) in [7, 11) is 2.09. The van der Waals surface area contributed by atoms with E-state index < -0.39 is 0 Å². The third-order valence-electron chi connectivity index (χ3n) is 4.02. The maximum Gasteiger partial charge on any atom is 0.151 e. The van der Waals surface area contributed by atoms with E-state index in [0.29, 0.717) is 0 Å². The van der Waals surface area contributed by atoms with Crippen molar-refractivity contribution < 1.29 is 0 Å². The van der Waals surface area contributed by atoms with Crippen molar-refractivity contribution in [3.8, 4) is 21.8 Å². The quantitative estimate of drug-likeness (QED) is 0.493. The van der Waals surface area contributed by atoms with E-state index >= 15 is 0 Å². The van der Waals surface area contributed by atoms with Gasteiger partial charge in [-0.1, -0.05) is 42.0 Å².